The molecule has 0 bridgehead atoms. The summed E-state index contributed by atoms with van der Waals surface area (Å²) >= 11 is 5.76. The quantitative estimate of drug-likeness (QED) is 0.261. The number of halogens is 2. The molecule has 0 heterocycles. The number of aliphatic hydroxyl groups excluding tert-OH is 1. The number of ether oxygens (including phenoxy) is 3. The third-order valence-corrected chi connectivity index (χ3v) is 9.99. The Morgan fingerprint density at radius 2 is 1.95 bits per heavy atom. The Morgan fingerprint density at radius 1 is 1.22 bits per heavy atom. The zero-order valence-corrected chi connectivity index (χ0v) is 22.8. The van der Waals surface area contributed by atoms with Crippen LogP contribution in [0, 0.1) is 28.6 Å². The van der Waals surface area contributed by atoms with Crippen molar-refractivity contribution in [3.8, 4) is 0 Å². The lowest BCUT2D eigenvalue weighted by molar-refractivity contribution is -0.229. The molecule has 0 spiro atoms. The normalized spacial score (nSPS) is 42.2. The summed E-state index contributed by atoms with van der Waals surface area (Å²) in [6.07, 6.45) is 5.59. The number of allylic oxidation sites excluding steroid dienone is 4. The van der Waals surface area contributed by atoms with Gasteiger partial charge in [-0.25, -0.2) is 14.0 Å². The number of hydrogen-bond acceptors (Lipinski definition) is 7. The number of rotatable bonds is 7. The Bertz CT molecular complexity index is 1010. The minimum atomic E-state index is -2.06. The van der Waals surface area contributed by atoms with Gasteiger partial charge in [-0.2, -0.15) is 0 Å². The van der Waals surface area contributed by atoms with Gasteiger partial charge in [0.25, 0.3) is 0 Å². The molecule has 0 aromatic rings. The van der Waals surface area contributed by atoms with Gasteiger partial charge < -0.3 is 19.3 Å². The van der Waals surface area contributed by atoms with E-state index in [0.29, 0.717) is 31.3 Å². The van der Waals surface area contributed by atoms with Crippen molar-refractivity contribution in [3.05, 3.63) is 23.8 Å². The zero-order chi connectivity index (χ0) is 27.2. The maximum atomic E-state index is 17.4. The van der Waals surface area contributed by atoms with Crippen LogP contribution >= 0.6 is 11.6 Å². The maximum absolute atomic E-state index is 17.4. The molecule has 0 saturated heterocycles. The summed E-state index contributed by atoms with van der Waals surface area (Å²) in [4.78, 5) is 38.5. The number of esters is 1. The van der Waals surface area contributed by atoms with Crippen LogP contribution in [-0.2, 0) is 23.8 Å². The van der Waals surface area contributed by atoms with E-state index in [9.17, 15) is 19.5 Å². The van der Waals surface area contributed by atoms with Crippen LogP contribution in [0.5, 0.6) is 0 Å². The Balaban J connectivity index is 1.73. The molecular formula is C28H38ClFO7. The van der Waals surface area contributed by atoms with Gasteiger partial charge in [0.2, 0.25) is 5.60 Å². The molecular weight excluding hydrogens is 503 g/mol. The van der Waals surface area contributed by atoms with Gasteiger partial charge in [-0.15, -0.1) is 0 Å². The summed E-state index contributed by atoms with van der Waals surface area (Å²) in [6, 6.07) is -0.437. The highest BCUT2D eigenvalue weighted by Gasteiger charge is 2.78. The highest BCUT2D eigenvalue weighted by molar-refractivity contribution is 6.17. The van der Waals surface area contributed by atoms with E-state index < -0.39 is 64.1 Å². The van der Waals surface area contributed by atoms with Gasteiger partial charge in [-0.1, -0.05) is 56.9 Å². The predicted molar refractivity (Wildman–Crippen MR) is 134 cm³/mol. The number of hydrogen-bond donors (Lipinski definition) is 1. The number of alkyl halides is 2. The first kappa shape index (κ1) is 28.1. The lowest BCUT2D eigenvalue weighted by atomic mass is 9.44. The van der Waals surface area contributed by atoms with Crippen molar-refractivity contribution in [3.63, 3.8) is 0 Å². The molecule has 0 aromatic heterocycles. The van der Waals surface area contributed by atoms with Crippen molar-refractivity contribution in [1.82, 2.24) is 0 Å². The summed E-state index contributed by atoms with van der Waals surface area (Å²) in [6.45, 7) is 7.47. The fourth-order valence-electron chi connectivity index (χ4n) is 8.05. The molecule has 9 heteroatoms. The second-order valence-corrected chi connectivity index (χ2v) is 11.8. The van der Waals surface area contributed by atoms with Gasteiger partial charge in [0.1, 0.15) is 0 Å². The van der Waals surface area contributed by atoms with Crippen LogP contribution in [0.3, 0.4) is 0 Å². The number of carbonyl (C=O) groups is 3. The molecule has 206 valence electrons. The van der Waals surface area contributed by atoms with Crippen LogP contribution in [0.15, 0.2) is 23.8 Å². The van der Waals surface area contributed by atoms with Crippen molar-refractivity contribution in [1.29, 1.82) is 0 Å². The minimum absolute atomic E-state index is 0.139. The Hall–Kier alpha value is -1.93. The molecule has 1 N–H and O–H groups in total. The van der Waals surface area contributed by atoms with Crippen LogP contribution in [0.1, 0.15) is 72.6 Å². The van der Waals surface area contributed by atoms with Crippen LogP contribution in [0.25, 0.3) is 0 Å². The SMILES string of the molecule is CCCCCOC(=O)O[C@]1(C(=O)OCCl)[C@H](C)C[C@H]2[C@@H]3CCC4=CC(=O)C=C[C@]4(C)[C@]3(F)[C@@H](O)C[C@@]21C. The molecule has 4 aliphatic rings. The van der Waals surface area contributed by atoms with Gasteiger partial charge in [0, 0.05) is 22.7 Å². The van der Waals surface area contributed by atoms with Crippen molar-refractivity contribution in [2.24, 2.45) is 28.6 Å². The molecule has 0 radical (unpaired) electrons. The van der Waals surface area contributed by atoms with E-state index in [1.807, 2.05) is 6.92 Å². The average Bonchev–Trinajstić information content (AvgIpc) is 3.05. The Kier molecular flexibility index (Phi) is 7.58. The van der Waals surface area contributed by atoms with E-state index in [1.54, 1.807) is 26.8 Å². The van der Waals surface area contributed by atoms with Crippen LogP contribution in [0.4, 0.5) is 9.18 Å². The molecule has 37 heavy (non-hydrogen) atoms. The van der Waals surface area contributed by atoms with Gasteiger partial charge >= 0.3 is 12.1 Å². The van der Waals surface area contributed by atoms with E-state index >= 15 is 4.39 Å². The summed E-state index contributed by atoms with van der Waals surface area (Å²) in [5.74, 6) is -2.58. The van der Waals surface area contributed by atoms with E-state index in [-0.39, 0.29) is 18.8 Å². The lowest BCUT2D eigenvalue weighted by Crippen LogP contribution is -2.70. The fraction of sp³-hybridized carbons (Fsp3) is 0.750. The third-order valence-electron chi connectivity index (χ3n) is 9.88. The molecule has 0 aliphatic heterocycles. The number of ketones is 1. The highest BCUT2D eigenvalue weighted by atomic mass is 35.5. The summed E-state index contributed by atoms with van der Waals surface area (Å²) < 4.78 is 33.8. The number of unbranched alkanes of at least 4 members (excludes halogenated alkanes) is 2. The van der Waals surface area contributed by atoms with Crippen molar-refractivity contribution >= 4 is 29.5 Å². The van der Waals surface area contributed by atoms with Crippen molar-refractivity contribution < 1.29 is 38.1 Å². The minimum Gasteiger partial charge on any atom is -0.446 e. The first-order chi connectivity index (χ1) is 17.4. The van der Waals surface area contributed by atoms with E-state index in [1.165, 1.54) is 12.2 Å². The predicted octanol–water partition coefficient (Wildman–Crippen LogP) is 5.42. The zero-order valence-electron chi connectivity index (χ0n) is 22.1. The van der Waals surface area contributed by atoms with Gasteiger partial charge in [0.05, 0.1) is 12.7 Å². The summed E-state index contributed by atoms with van der Waals surface area (Å²) in [5.41, 5.74) is -5.48. The van der Waals surface area contributed by atoms with Gasteiger partial charge in [-0.3, -0.25) is 4.79 Å². The van der Waals surface area contributed by atoms with Gasteiger partial charge in [-0.05, 0) is 57.1 Å². The van der Waals surface area contributed by atoms with E-state index in [2.05, 4.69) is 0 Å². The molecule has 4 aliphatic carbocycles. The summed E-state index contributed by atoms with van der Waals surface area (Å²) in [7, 11) is 0. The van der Waals surface area contributed by atoms with Crippen LogP contribution < -0.4 is 0 Å². The third kappa shape index (κ3) is 3.96. The second-order valence-electron chi connectivity index (χ2n) is 11.6. The number of aliphatic hydroxyl groups is 1. The number of carbonyl (C=O) groups excluding carboxylic acids is 3. The Morgan fingerprint density at radius 3 is 2.62 bits per heavy atom. The van der Waals surface area contributed by atoms with E-state index in [4.69, 9.17) is 25.8 Å². The van der Waals surface area contributed by atoms with Crippen molar-refractivity contribution in [2.75, 3.05) is 12.7 Å². The standard InChI is InChI=1S/C28H38ClFO7/c1-5-6-7-12-35-24(34)37-28(23(33)36-16-29)17(2)13-21-20-9-8-18-14-19(31)10-11-25(18,3)27(20,30)22(32)15-26(21,28)4/h10-11,14,17,20-22,32H,5-9,12-13,15-16H2,1-4H3/t17-,20+,21+,22+,25+,26+,27-,28+/m1/s1. The Labute approximate surface area is 222 Å². The molecule has 7 nitrogen and oxygen atoms in total. The number of fused-ring (bicyclic) bond motifs is 5. The smallest absolute Gasteiger partial charge is 0.446 e. The molecule has 4 rings (SSSR count). The average molecular weight is 541 g/mol. The highest BCUT2D eigenvalue weighted by Crippen LogP contribution is 2.71. The molecule has 0 amide bonds. The molecule has 3 saturated carbocycles. The molecule has 0 aromatic carbocycles. The monoisotopic (exact) mass is 540 g/mol. The van der Waals surface area contributed by atoms with Crippen LogP contribution in [-0.4, -0.2) is 53.1 Å². The fourth-order valence-corrected chi connectivity index (χ4v) is 8.15. The molecule has 8 atom stereocenters. The van der Waals surface area contributed by atoms with Gasteiger partial charge in [0.15, 0.2) is 17.5 Å². The second kappa shape index (κ2) is 9.99. The van der Waals surface area contributed by atoms with E-state index in [0.717, 1.165) is 12.8 Å². The molecule has 3 fully saturated rings. The first-order valence-corrected chi connectivity index (χ1v) is 13.9. The first-order valence-electron chi connectivity index (χ1n) is 13.3. The maximum Gasteiger partial charge on any atom is 0.509 e. The lowest BCUT2D eigenvalue weighted by Gasteiger charge is -2.62. The summed E-state index contributed by atoms with van der Waals surface area (Å²) in [5, 5.41) is 11.5. The van der Waals surface area contributed by atoms with Crippen molar-refractivity contribution in [2.45, 2.75) is 90.0 Å². The largest absolute Gasteiger partial charge is 0.509 e. The van der Waals surface area contributed by atoms with Crippen LogP contribution in [0.2, 0.25) is 0 Å². The topological polar surface area (TPSA) is 99.1 Å². The molecule has 0 unspecified atom stereocenters.